The molecule has 0 radical (unpaired) electrons. The maximum absolute atomic E-state index is 12.7. The summed E-state index contributed by atoms with van der Waals surface area (Å²) < 4.78 is 62.5. The minimum Gasteiger partial charge on any atom is -0.386 e. The van der Waals surface area contributed by atoms with Crippen LogP contribution in [0, 0.1) is 11.3 Å². The van der Waals surface area contributed by atoms with Gasteiger partial charge in [-0.1, -0.05) is 123 Å². The molecule has 24 nitrogen and oxygen atoms in total. The van der Waals surface area contributed by atoms with Crippen LogP contribution in [0.3, 0.4) is 0 Å². The van der Waals surface area contributed by atoms with E-state index < -0.39 is 84.6 Å². The van der Waals surface area contributed by atoms with Crippen molar-refractivity contribution in [2.75, 3.05) is 37.8 Å². The zero-order chi connectivity index (χ0) is 50.5. The number of nitrogens with one attached hydrogen (secondary N) is 2. The molecular weight excluding hydrogens is 975 g/mol. The van der Waals surface area contributed by atoms with Crippen molar-refractivity contribution >= 4 is 69.1 Å². The number of amides is 2. The van der Waals surface area contributed by atoms with Gasteiger partial charge in [-0.2, -0.15) is 4.31 Å². The molecule has 0 bridgehead atoms. The number of nitrogen functional groups attached to an aromatic ring is 1. The highest BCUT2D eigenvalue weighted by Gasteiger charge is 2.50. The summed E-state index contributed by atoms with van der Waals surface area (Å²) in [4.78, 5) is 88.4. The van der Waals surface area contributed by atoms with Gasteiger partial charge in [-0.05, 0) is 12.3 Å². The Labute approximate surface area is 401 Å². The predicted molar refractivity (Wildman–Crippen MR) is 251 cm³/mol. The number of thioether (sulfide) groups is 1. The first kappa shape index (κ1) is 59.9. The molecule has 3 heterocycles. The number of unbranched alkanes of at least 4 members (excludes halogenated alkanes) is 11. The molecule has 1 fully saturated rings. The lowest BCUT2D eigenvalue weighted by atomic mass is 9.87. The number of hydrogen-bond donors (Lipinski definition) is 9. The summed E-state index contributed by atoms with van der Waals surface area (Å²) in [6, 6.07) is 0. The van der Waals surface area contributed by atoms with Crippen LogP contribution in [-0.4, -0.2) is 123 Å². The number of phosphoric ester groups is 3. The van der Waals surface area contributed by atoms with E-state index in [1.807, 2.05) is 0 Å². The summed E-state index contributed by atoms with van der Waals surface area (Å²) in [5.74, 6) is -0.171. The van der Waals surface area contributed by atoms with Crippen LogP contribution in [0.25, 0.3) is 11.2 Å². The highest BCUT2D eigenvalue weighted by molar-refractivity contribution is 8.13. The molecule has 1 aliphatic heterocycles. The van der Waals surface area contributed by atoms with Gasteiger partial charge >= 0.3 is 23.5 Å². The van der Waals surface area contributed by atoms with Crippen LogP contribution in [0.2, 0.25) is 0 Å². The van der Waals surface area contributed by atoms with Gasteiger partial charge in [0.1, 0.15) is 36.3 Å². The molecule has 68 heavy (non-hydrogen) atoms. The Bertz CT molecular complexity index is 2030. The topological polar surface area (TPSA) is 364 Å². The number of nitrogens with zero attached hydrogens (tertiary/aromatic N) is 4. The Hall–Kier alpha value is -2.44. The molecule has 28 heteroatoms. The standard InChI is InChI=1S/C40H72N7O17P3S/c1-5-28(2)18-16-14-12-10-8-6-7-9-11-13-15-17-19-31(49)68-23-22-42-30(48)20-21-43-38(52)35(51)40(3,4)25-61-67(58,59)64-66(56,57)60-24-29-34(63-65(53,54)55)33(50)39(62-29)47-27-46-32-36(41)44-26-45-37(32)47/h26-29,33-35,39,50-51H,5-25H2,1-4H3,(H,42,48)(H,43,52)(H,56,57)(H,58,59)(H2,41,44,45)(H2,53,54,55). The average Bonchev–Trinajstić information content (AvgIpc) is 3.83. The SMILES string of the molecule is CCC(C)CCCCCCCCCCCCCCC(=O)SCCNC(=O)CCNC(=O)C(O)C(C)(C)COP(=O)(O)OP(=O)(O)OCC1OC(n2cnc3c(N)ncnc32)C(O)C1OP(=O)(O)O. The highest BCUT2D eigenvalue weighted by atomic mass is 32.2. The van der Waals surface area contributed by atoms with Crippen molar-refractivity contribution in [1.82, 2.24) is 30.2 Å². The number of carbonyl (C=O) groups is 3. The van der Waals surface area contributed by atoms with Crippen molar-refractivity contribution < 1.29 is 80.5 Å². The van der Waals surface area contributed by atoms with Gasteiger partial charge in [0.2, 0.25) is 11.8 Å². The molecule has 0 aliphatic carbocycles. The number of aromatic nitrogens is 4. The molecule has 1 saturated heterocycles. The van der Waals surface area contributed by atoms with E-state index >= 15 is 0 Å². The number of rotatable bonds is 35. The average molecular weight is 1050 g/mol. The summed E-state index contributed by atoms with van der Waals surface area (Å²) in [5.41, 5.74) is 4.29. The van der Waals surface area contributed by atoms with Gasteiger partial charge in [-0.15, -0.1) is 0 Å². The molecule has 10 N–H and O–H groups in total. The molecule has 8 unspecified atom stereocenters. The molecule has 390 valence electrons. The number of anilines is 1. The van der Waals surface area contributed by atoms with Crippen molar-refractivity contribution in [1.29, 1.82) is 0 Å². The second kappa shape index (κ2) is 29.2. The predicted octanol–water partition coefficient (Wildman–Crippen LogP) is 5.17. The van der Waals surface area contributed by atoms with Crippen LogP contribution in [0.4, 0.5) is 5.82 Å². The van der Waals surface area contributed by atoms with E-state index in [0.29, 0.717) is 12.2 Å². The number of hydrogen-bond acceptors (Lipinski definition) is 18. The van der Waals surface area contributed by atoms with Crippen LogP contribution >= 0.6 is 35.2 Å². The van der Waals surface area contributed by atoms with Gasteiger partial charge < -0.3 is 50.9 Å². The number of ether oxygens (including phenoxy) is 1. The zero-order valence-electron chi connectivity index (χ0n) is 39.3. The first-order valence-electron chi connectivity index (χ1n) is 23.0. The number of imidazole rings is 1. The largest absolute Gasteiger partial charge is 0.481 e. The highest BCUT2D eigenvalue weighted by Crippen LogP contribution is 2.61. The lowest BCUT2D eigenvalue weighted by molar-refractivity contribution is -0.137. The van der Waals surface area contributed by atoms with Crippen LogP contribution in [-0.2, 0) is 50.7 Å². The Morgan fingerprint density at radius 2 is 1.49 bits per heavy atom. The number of fused-ring (bicyclic) bond motifs is 1. The van der Waals surface area contributed by atoms with Crippen LogP contribution in [0.15, 0.2) is 12.7 Å². The number of aliphatic hydroxyl groups excluding tert-OH is 2. The van der Waals surface area contributed by atoms with Gasteiger partial charge in [0, 0.05) is 37.1 Å². The monoisotopic (exact) mass is 1050 g/mol. The van der Waals surface area contributed by atoms with Crippen molar-refractivity contribution in [3.63, 3.8) is 0 Å². The van der Waals surface area contributed by atoms with Crippen molar-refractivity contribution in [3.8, 4) is 0 Å². The fraction of sp³-hybridized carbons (Fsp3) is 0.800. The summed E-state index contributed by atoms with van der Waals surface area (Å²) in [6.07, 6.45) is 10.9. The van der Waals surface area contributed by atoms with E-state index in [-0.39, 0.29) is 41.6 Å². The van der Waals surface area contributed by atoms with Crippen LogP contribution in [0.5, 0.6) is 0 Å². The molecule has 0 aromatic carbocycles. The molecular formula is C40H72N7O17P3S. The maximum atomic E-state index is 12.7. The minimum atomic E-state index is -5.57. The molecule has 0 saturated carbocycles. The first-order chi connectivity index (χ1) is 31.9. The first-order valence-corrected chi connectivity index (χ1v) is 28.5. The third kappa shape index (κ3) is 21.9. The third-order valence-electron chi connectivity index (χ3n) is 11.3. The van der Waals surface area contributed by atoms with Gasteiger partial charge in [0.05, 0.1) is 19.5 Å². The zero-order valence-corrected chi connectivity index (χ0v) is 42.8. The maximum Gasteiger partial charge on any atom is 0.481 e. The van der Waals surface area contributed by atoms with E-state index in [9.17, 15) is 57.9 Å². The van der Waals surface area contributed by atoms with Crippen LogP contribution in [0.1, 0.15) is 137 Å². The van der Waals surface area contributed by atoms with E-state index in [1.165, 1.54) is 84.5 Å². The fourth-order valence-corrected chi connectivity index (χ4v) is 10.7. The fourth-order valence-electron chi connectivity index (χ4n) is 7.10. The van der Waals surface area contributed by atoms with E-state index in [1.54, 1.807) is 0 Å². The minimum absolute atomic E-state index is 0.0339. The summed E-state index contributed by atoms with van der Waals surface area (Å²) in [6.45, 7) is 5.17. The Morgan fingerprint density at radius 3 is 2.10 bits per heavy atom. The van der Waals surface area contributed by atoms with E-state index in [4.69, 9.17) is 19.5 Å². The normalized spacial score (nSPS) is 20.4. The quantitative estimate of drug-likeness (QED) is 0.0317. The molecule has 0 spiro atoms. The molecule has 3 rings (SSSR count). The van der Waals surface area contributed by atoms with Crippen LogP contribution < -0.4 is 16.4 Å². The lowest BCUT2D eigenvalue weighted by Gasteiger charge is -2.30. The lowest BCUT2D eigenvalue weighted by Crippen LogP contribution is -2.46. The van der Waals surface area contributed by atoms with Gasteiger partial charge in [-0.3, -0.25) is 32.5 Å². The summed E-state index contributed by atoms with van der Waals surface area (Å²) >= 11 is 1.16. The number of aliphatic hydroxyl groups is 2. The summed E-state index contributed by atoms with van der Waals surface area (Å²) in [5, 5.41) is 26.7. The molecule has 1 aliphatic rings. The number of carbonyl (C=O) groups excluding carboxylic acids is 3. The third-order valence-corrected chi connectivity index (χ3v) is 15.3. The number of nitrogens with two attached hydrogens (primary N) is 1. The van der Waals surface area contributed by atoms with Gasteiger partial charge in [0.25, 0.3) is 0 Å². The molecule has 2 aromatic rings. The Balaban J connectivity index is 1.29. The van der Waals surface area contributed by atoms with Crippen molar-refractivity contribution in [3.05, 3.63) is 12.7 Å². The Morgan fingerprint density at radius 1 is 0.882 bits per heavy atom. The smallest absolute Gasteiger partial charge is 0.386 e. The van der Waals surface area contributed by atoms with Crippen molar-refractivity contribution in [2.24, 2.45) is 11.3 Å². The second-order valence-corrected chi connectivity index (χ2v) is 23.0. The van der Waals surface area contributed by atoms with Gasteiger partial charge in [-0.25, -0.2) is 28.6 Å². The van der Waals surface area contributed by atoms with Gasteiger partial charge in [0.15, 0.2) is 22.8 Å². The molecule has 2 amide bonds. The van der Waals surface area contributed by atoms with E-state index in [2.05, 4.69) is 48.3 Å². The van der Waals surface area contributed by atoms with E-state index in [0.717, 1.165) is 54.2 Å². The molecule has 8 atom stereocenters. The second-order valence-electron chi connectivity index (χ2n) is 17.6. The number of phosphoric acid groups is 3. The summed E-state index contributed by atoms with van der Waals surface area (Å²) in [7, 11) is -16.4. The molecule has 2 aromatic heterocycles. The Kier molecular flexibility index (Phi) is 25.7. The van der Waals surface area contributed by atoms with Crippen molar-refractivity contribution in [2.45, 2.75) is 161 Å².